The van der Waals surface area contributed by atoms with Crippen molar-refractivity contribution in [3.05, 3.63) is 40.6 Å². The standard InChI is InChI=1S/C11H15BrFN7O4S/c12-8-5-7(1-2-9(8)13)17-11(18-21)20-10(6-24-19-20)15-3-4-16-25(14,22)23/h1-2,5-6,15-16,19,21H,3-4H2,(H,17,18)(H2,14,22,23). The fourth-order valence-corrected chi connectivity index (χ4v) is 2.49. The second kappa shape index (κ2) is 8.30. The first-order chi connectivity index (χ1) is 11.8. The van der Waals surface area contributed by atoms with E-state index in [1.807, 2.05) is 0 Å². The average molecular weight is 440 g/mol. The molecular weight excluding hydrogens is 425 g/mol. The number of rotatable bonds is 6. The molecular formula is C11H15BrFN7O4S. The predicted molar refractivity (Wildman–Crippen MR) is 90.2 cm³/mol. The van der Waals surface area contributed by atoms with Gasteiger partial charge in [-0.2, -0.15) is 13.4 Å². The van der Waals surface area contributed by atoms with Crippen molar-refractivity contribution in [1.29, 1.82) is 0 Å². The van der Waals surface area contributed by atoms with Crippen LogP contribution < -0.4 is 26.1 Å². The van der Waals surface area contributed by atoms with Crippen molar-refractivity contribution in [2.45, 2.75) is 0 Å². The zero-order valence-electron chi connectivity index (χ0n) is 12.5. The summed E-state index contributed by atoms with van der Waals surface area (Å²) >= 11 is 3.05. The number of hydrogen-bond acceptors (Lipinski definition) is 7. The van der Waals surface area contributed by atoms with Crippen LogP contribution in [0.5, 0.6) is 0 Å². The molecule has 138 valence electrons. The van der Waals surface area contributed by atoms with Gasteiger partial charge < -0.3 is 20.7 Å². The van der Waals surface area contributed by atoms with Crippen molar-refractivity contribution in [2.75, 3.05) is 18.4 Å². The molecule has 0 atom stereocenters. The Hall–Kier alpha value is -2.13. The normalized spacial score (nSPS) is 14.9. The third-order valence-corrected chi connectivity index (χ3v) is 3.99. The number of hydrazine groups is 1. The van der Waals surface area contributed by atoms with Gasteiger partial charge in [0.1, 0.15) is 5.82 Å². The summed E-state index contributed by atoms with van der Waals surface area (Å²) < 4.78 is 37.2. The maximum absolute atomic E-state index is 13.3. The summed E-state index contributed by atoms with van der Waals surface area (Å²) in [5.74, 6) is -0.216. The van der Waals surface area contributed by atoms with Gasteiger partial charge in [-0.1, -0.05) is 5.59 Å². The van der Waals surface area contributed by atoms with Gasteiger partial charge in [-0.15, -0.1) is 0 Å². The number of benzene rings is 1. The van der Waals surface area contributed by atoms with Crippen LogP contribution in [0.4, 0.5) is 10.1 Å². The molecule has 0 aromatic heterocycles. The molecule has 1 heterocycles. The maximum atomic E-state index is 13.3. The van der Waals surface area contributed by atoms with E-state index in [0.717, 1.165) is 0 Å². The van der Waals surface area contributed by atoms with Crippen molar-refractivity contribution in [3.8, 4) is 0 Å². The Bertz CT molecular complexity index is 789. The maximum Gasteiger partial charge on any atom is 0.274 e. The van der Waals surface area contributed by atoms with Crippen LogP contribution in [-0.4, -0.2) is 37.7 Å². The van der Waals surface area contributed by atoms with E-state index in [4.69, 9.17) is 9.98 Å². The van der Waals surface area contributed by atoms with Crippen LogP contribution in [0.2, 0.25) is 0 Å². The van der Waals surface area contributed by atoms with Gasteiger partial charge in [0, 0.05) is 18.8 Å². The van der Waals surface area contributed by atoms with Crippen LogP contribution in [0, 0.1) is 5.82 Å². The predicted octanol–water partition coefficient (Wildman–Crippen LogP) is -0.321. The van der Waals surface area contributed by atoms with Gasteiger partial charge in [0.2, 0.25) is 0 Å². The number of halogens is 2. The van der Waals surface area contributed by atoms with Crippen molar-refractivity contribution in [2.24, 2.45) is 10.3 Å². The molecule has 1 aromatic carbocycles. The first kappa shape index (κ1) is 19.2. The van der Waals surface area contributed by atoms with Crippen molar-refractivity contribution in [3.63, 3.8) is 0 Å². The Balaban J connectivity index is 1.97. The molecule has 1 aromatic rings. The van der Waals surface area contributed by atoms with E-state index >= 15 is 0 Å². The summed E-state index contributed by atoms with van der Waals surface area (Å²) in [5, 5.41) is 23.9. The van der Waals surface area contributed by atoms with E-state index in [0.29, 0.717) is 11.5 Å². The smallest absolute Gasteiger partial charge is 0.274 e. The summed E-state index contributed by atoms with van der Waals surface area (Å²) in [7, 11) is -3.78. The van der Waals surface area contributed by atoms with Crippen molar-refractivity contribution >= 4 is 37.8 Å². The lowest BCUT2D eigenvalue weighted by Gasteiger charge is -2.21. The zero-order chi connectivity index (χ0) is 18.4. The second-order valence-corrected chi connectivity index (χ2v) is 6.82. The van der Waals surface area contributed by atoms with E-state index in [2.05, 4.69) is 42.0 Å². The van der Waals surface area contributed by atoms with E-state index in [-0.39, 0.29) is 23.5 Å². The molecule has 0 radical (unpaired) electrons. The summed E-state index contributed by atoms with van der Waals surface area (Å²) in [5.41, 5.74) is 2.87. The quantitative estimate of drug-likeness (QED) is 0.116. The van der Waals surface area contributed by atoms with Crippen LogP contribution >= 0.6 is 15.9 Å². The van der Waals surface area contributed by atoms with E-state index in [9.17, 15) is 18.0 Å². The second-order valence-electron chi connectivity index (χ2n) is 4.59. The Morgan fingerprint density at radius 3 is 2.88 bits per heavy atom. The Kier molecular flexibility index (Phi) is 6.38. The Morgan fingerprint density at radius 1 is 1.48 bits per heavy atom. The topological polar surface area (TPSA) is 153 Å². The molecule has 2 rings (SSSR count). The van der Waals surface area contributed by atoms with Gasteiger partial charge in [0.15, 0.2) is 12.1 Å². The molecule has 7 N–H and O–H groups in total. The molecule has 0 aliphatic carbocycles. The average Bonchev–Trinajstić information content (AvgIpc) is 3.00. The fraction of sp³-hybridized carbons (Fsp3) is 0.182. The number of nitrogens with one attached hydrogen (secondary N) is 4. The summed E-state index contributed by atoms with van der Waals surface area (Å²) in [6.07, 6.45) is 1.27. The van der Waals surface area contributed by atoms with Crippen molar-refractivity contribution < 1.29 is 22.9 Å². The van der Waals surface area contributed by atoms with Crippen LogP contribution in [0.3, 0.4) is 0 Å². The summed E-state index contributed by atoms with van der Waals surface area (Å²) in [6, 6.07) is 4.11. The molecule has 0 amide bonds. The van der Waals surface area contributed by atoms with Crippen molar-refractivity contribution in [1.82, 2.24) is 20.6 Å². The largest absolute Gasteiger partial charge is 0.408 e. The van der Waals surface area contributed by atoms with E-state index in [1.165, 1.54) is 29.5 Å². The van der Waals surface area contributed by atoms with Gasteiger partial charge in [0.05, 0.1) is 4.47 Å². The zero-order valence-corrected chi connectivity index (χ0v) is 14.9. The minimum Gasteiger partial charge on any atom is -0.408 e. The number of hydrogen-bond donors (Lipinski definition) is 6. The first-order valence-corrected chi connectivity index (χ1v) is 9.01. The Morgan fingerprint density at radius 2 is 2.24 bits per heavy atom. The molecule has 0 fully saturated rings. The molecule has 11 nitrogen and oxygen atoms in total. The monoisotopic (exact) mass is 439 g/mol. The molecule has 0 saturated heterocycles. The molecule has 0 spiro atoms. The van der Waals surface area contributed by atoms with Crippen LogP contribution in [0.1, 0.15) is 0 Å². The fourth-order valence-electron chi connectivity index (χ4n) is 1.73. The summed E-state index contributed by atoms with van der Waals surface area (Å²) in [4.78, 5) is 4.92. The van der Waals surface area contributed by atoms with Gasteiger partial charge in [-0.25, -0.2) is 14.3 Å². The molecule has 1 aliphatic rings. The van der Waals surface area contributed by atoms with Gasteiger partial charge >= 0.3 is 0 Å². The minimum absolute atomic E-state index is 0.0218. The number of guanidine groups is 1. The highest BCUT2D eigenvalue weighted by molar-refractivity contribution is 9.10. The molecule has 14 heteroatoms. The van der Waals surface area contributed by atoms with Crippen LogP contribution in [0.25, 0.3) is 0 Å². The van der Waals surface area contributed by atoms with Gasteiger partial charge in [-0.3, -0.25) is 0 Å². The van der Waals surface area contributed by atoms with Gasteiger partial charge in [-0.05, 0) is 39.3 Å². The molecule has 1 aliphatic heterocycles. The Labute approximate surface area is 150 Å². The molecule has 0 bridgehead atoms. The third-order valence-electron chi connectivity index (χ3n) is 2.77. The van der Waals surface area contributed by atoms with Crippen LogP contribution in [-0.2, 0) is 15.0 Å². The highest BCUT2D eigenvalue weighted by Crippen LogP contribution is 2.20. The lowest BCUT2D eigenvalue weighted by Crippen LogP contribution is -2.46. The molecule has 0 unspecified atom stereocenters. The van der Waals surface area contributed by atoms with Gasteiger partial charge in [0.25, 0.3) is 16.2 Å². The first-order valence-electron chi connectivity index (χ1n) is 6.67. The molecule has 25 heavy (non-hydrogen) atoms. The number of nitrogens with two attached hydrogens (primary N) is 1. The highest BCUT2D eigenvalue weighted by atomic mass is 79.9. The number of oxime groups is 1. The third kappa shape index (κ3) is 5.71. The summed E-state index contributed by atoms with van der Waals surface area (Å²) in [6.45, 7) is 0.193. The minimum atomic E-state index is -3.78. The van der Waals surface area contributed by atoms with E-state index < -0.39 is 16.0 Å². The lowest BCUT2D eigenvalue weighted by molar-refractivity contribution is 0.0696. The van der Waals surface area contributed by atoms with Crippen LogP contribution in [0.15, 0.2) is 39.9 Å². The lowest BCUT2D eigenvalue weighted by atomic mass is 10.3. The van der Waals surface area contributed by atoms with E-state index in [1.54, 1.807) is 0 Å². The number of nitrogens with zero attached hydrogens (tertiary/aromatic N) is 2. The number of anilines is 1. The SMILES string of the molecule is NS(=O)(=O)NCCNC1=CONN1C(=NO)Nc1ccc(F)c(Br)c1. The molecule has 0 saturated carbocycles. The highest BCUT2D eigenvalue weighted by Gasteiger charge is 2.23.